The zero-order valence-electron chi connectivity index (χ0n) is 17.7. The Morgan fingerprint density at radius 2 is 1.70 bits per heavy atom. The summed E-state index contributed by atoms with van der Waals surface area (Å²) < 4.78 is 5.12. The zero-order valence-corrected chi connectivity index (χ0v) is 17.7. The van der Waals surface area contributed by atoms with Crippen LogP contribution in [0.1, 0.15) is 37.6 Å². The molecule has 1 heterocycles. The molecule has 0 saturated carbocycles. The molecule has 1 fully saturated rings. The van der Waals surface area contributed by atoms with Crippen LogP contribution in [-0.2, 0) is 9.59 Å². The van der Waals surface area contributed by atoms with Crippen molar-refractivity contribution in [1.82, 2.24) is 4.90 Å². The normalized spacial score (nSPS) is 16.3. The lowest BCUT2D eigenvalue weighted by atomic mass is 10.1. The van der Waals surface area contributed by atoms with Crippen molar-refractivity contribution in [2.24, 2.45) is 5.92 Å². The Hall–Kier alpha value is -3.35. The van der Waals surface area contributed by atoms with E-state index in [9.17, 15) is 14.4 Å². The van der Waals surface area contributed by atoms with Crippen LogP contribution in [0.3, 0.4) is 0 Å². The van der Waals surface area contributed by atoms with Gasteiger partial charge in [0.05, 0.1) is 24.3 Å². The van der Waals surface area contributed by atoms with E-state index in [0.717, 1.165) is 0 Å². The molecule has 1 aliphatic rings. The molecular weight excluding hydrogens is 382 g/mol. The molecule has 0 aromatic heterocycles. The second kappa shape index (κ2) is 8.57. The highest BCUT2D eigenvalue weighted by atomic mass is 16.5. The highest BCUT2D eigenvalue weighted by molar-refractivity contribution is 6.10. The molecule has 2 aromatic rings. The summed E-state index contributed by atoms with van der Waals surface area (Å²) in [5, 5.41) is 5.65. The van der Waals surface area contributed by atoms with Crippen LogP contribution in [0.4, 0.5) is 11.4 Å². The first kappa shape index (κ1) is 21.4. The molecule has 0 spiro atoms. The monoisotopic (exact) mass is 409 g/mol. The fourth-order valence-corrected chi connectivity index (χ4v) is 3.43. The van der Waals surface area contributed by atoms with Gasteiger partial charge in [0.15, 0.2) is 0 Å². The molecule has 1 aliphatic heterocycles. The molecule has 0 aliphatic carbocycles. The summed E-state index contributed by atoms with van der Waals surface area (Å²) in [4.78, 5) is 39.6. The number of benzene rings is 2. The van der Waals surface area contributed by atoms with E-state index in [1.807, 2.05) is 20.8 Å². The first-order valence-electron chi connectivity index (χ1n) is 9.85. The summed E-state index contributed by atoms with van der Waals surface area (Å²) in [5.41, 5.74) is 1.04. The van der Waals surface area contributed by atoms with Gasteiger partial charge in [-0.2, -0.15) is 0 Å². The fraction of sp³-hybridized carbons (Fsp3) is 0.348. The predicted octanol–water partition coefficient (Wildman–Crippen LogP) is 3.53. The van der Waals surface area contributed by atoms with E-state index in [1.54, 1.807) is 60.5 Å². The first-order chi connectivity index (χ1) is 14.2. The van der Waals surface area contributed by atoms with Crippen LogP contribution in [-0.4, -0.2) is 41.8 Å². The quantitative estimate of drug-likeness (QED) is 0.791. The van der Waals surface area contributed by atoms with Gasteiger partial charge in [0.25, 0.3) is 5.91 Å². The van der Waals surface area contributed by atoms with Crippen LogP contribution in [0.25, 0.3) is 0 Å². The number of rotatable bonds is 5. The van der Waals surface area contributed by atoms with Gasteiger partial charge in [-0.05, 0) is 57.2 Å². The summed E-state index contributed by atoms with van der Waals surface area (Å²) in [6.45, 7) is 6.21. The minimum absolute atomic E-state index is 0.0341. The van der Waals surface area contributed by atoms with Crippen molar-refractivity contribution >= 4 is 29.1 Å². The molecular formula is C23H27N3O4. The van der Waals surface area contributed by atoms with Crippen LogP contribution in [0.2, 0.25) is 0 Å². The van der Waals surface area contributed by atoms with Crippen molar-refractivity contribution in [3.05, 3.63) is 54.1 Å². The second-order valence-electron chi connectivity index (χ2n) is 8.29. The molecule has 3 rings (SSSR count). The molecule has 2 aromatic carbocycles. The number of amides is 3. The topological polar surface area (TPSA) is 87.7 Å². The number of carbonyl (C=O) groups is 3. The summed E-state index contributed by atoms with van der Waals surface area (Å²) in [7, 11) is 1.57. The van der Waals surface area contributed by atoms with Crippen molar-refractivity contribution in [3.8, 4) is 5.75 Å². The molecule has 158 valence electrons. The van der Waals surface area contributed by atoms with Crippen LogP contribution < -0.4 is 15.4 Å². The van der Waals surface area contributed by atoms with Crippen molar-refractivity contribution in [2.45, 2.75) is 32.7 Å². The summed E-state index contributed by atoms with van der Waals surface area (Å²) in [5.74, 6) is -0.395. The summed E-state index contributed by atoms with van der Waals surface area (Å²) >= 11 is 0. The number of anilines is 2. The lowest BCUT2D eigenvalue weighted by Gasteiger charge is -2.31. The van der Waals surface area contributed by atoms with Gasteiger partial charge in [0, 0.05) is 24.2 Å². The van der Waals surface area contributed by atoms with Gasteiger partial charge in [-0.1, -0.05) is 12.1 Å². The molecule has 0 bridgehead atoms. The van der Waals surface area contributed by atoms with Gasteiger partial charge in [0.2, 0.25) is 11.8 Å². The Bertz CT molecular complexity index is 948. The molecule has 0 radical (unpaired) electrons. The van der Waals surface area contributed by atoms with Gasteiger partial charge in [-0.3, -0.25) is 14.4 Å². The average molecular weight is 409 g/mol. The third-order valence-corrected chi connectivity index (χ3v) is 5.08. The minimum Gasteiger partial charge on any atom is -0.497 e. The fourth-order valence-electron chi connectivity index (χ4n) is 3.43. The standard InChI is InChI=1S/C23H27N3O4/c1-23(2,3)26-14-15(13-20(26)27)21(28)25-19-8-6-5-7-18(19)22(29)24-16-9-11-17(30-4)12-10-16/h5-12,15H,13-14H2,1-4H3,(H,24,29)(H,25,28)/t15-/m1/s1. The smallest absolute Gasteiger partial charge is 0.257 e. The number of hydrogen-bond donors (Lipinski definition) is 2. The van der Waals surface area contributed by atoms with Gasteiger partial charge < -0.3 is 20.3 Å². The van der Waals surface area contributed by atoms with E-state index < -0.39 is 5.92 Å². The van der Waals surface area contributed by atoms with E-state index in [-0.39, 0.29) is 29.7 Å². The van der Waals surface area contributed by atoms with E-state index in [0.29, 0.717) is 29.2 Å². The summed E-state index contributed by atoms with van der Waals surface area (Å²) in [6, 6.07) is 13.8. The second-order valence-corrected chi connectivity index (χ2v) is 8.29. The van der Waals surface area contributed by atoms with E-state index in [4.69, 9.17) is 4.74 Å². The Kier molecular flexibility index (Phi) is 6.10. The number of para-hydroxylation sites is 1. The summed E-state index contributed by atoms with van der Waals surface area (Å²) in [6.07, 6.45) is 0.170. The van der Waals surface area contributed by atoms with E-state index >= 15 is 0 Å². The van der Waals surface area contributed by atoms with E-state index in [2.05, 4.69) is 10.6 Å². The Morgan fingerprint density at radius 3 is 2.30 bits per heavy atom. The van der Waals surface area contributed by atoms with Crippen molar-refractivity contribution in [1.29, 1.82) is 0 Å². The molecule has 30 heavy (non-hydrogen) atoms. The number of hydrogen-bond acceptors (Lipinski definition) is 4. The molecule has 1 atom stereocenters. The third-order valence-electron chi connectivity index (χ3n) is 5.08. The Balaban J connectivity index is 1.71. The SMILES string of the molecule is COc1ccc(NC(=O)c2ccccc2NC(=O)[C@@H]2CC(=O)N(C(C)(C)C)C2)cc1. The largest absolute Gasteiger partial charge is 0.497 e. The first-order valence-corrected chi connectivity index (χ1v) is 9.85. The lowest BCUT2D eigenvalue weighted by molar-refractivity contribution is -0.131. The molecule has 2 N–H and O–H groups in total. The number of likely N-dealkylation sites (tertiary alicyclic amines) is 1. The van der Waals surface area contributed by atoms with Crippen molar-refractivity contribution in [3.63, 3.8) is 0 Å². The van der Waals surface area contributed by atoms with Gasteiger partial charge in [0.1, 0.15) is 5.75 Å². The third kappa shape index (κ3) is 4.79. The molecule has 7 nitrogen and oxygen atoms in total. The number of ether oxygens (including phenoxy) is 1. The number of nitrogens with zero attached hydrogens (tertiary/aromatic N) is 1. The maximum absolute atomic E-state index is 12.8. The maximum atomic E-state index is 12.8. The number of carbonyl (C=O) groups excluding carboxylic acids is 3. The number of nitrogens with one attached hydrogen (secondary N) is 2. The Morgan fingerprint density at radius 1 is 1.03 bits per heavy atom. The molecule has 3 amide bonds. The highest BCUT2D eigenvalue weighted by Crippen LogP contribution is 2.27. The zero-order chi connectivity index (χ0) is 21.9. The minimum atomic E-state index is -0.450. The van der Waals surface area contributed by atoms with Crippen LogP contribution in [0.5, 0.6) is 5.75 Å². The van der Waals surface area contributed by atoms with Crippen molar-refractivity contribution in [2.75, 3.05) is 24.3 Å². The molecule has 1 saturated heterocycles. The maximum Gasteiger partial charge on any atom is 0.257 e. The van der Waals surface area contributed by atoms with Gasteiger partial charge in [-0.15, -0.1) is 0 Å². The van der Waals surface area contributed by atoms with Crippen LogP contribution in [0.15, 0.2) is 48.5 Å². The van der Waals surface area contributed by atoms with Crippen molar-refractivity contribution < 1.29 is 19.1 Å². The Labute approximate surface area is 176 Å². The highest BCUT2D eigenvalue weighted by Gasteiger charge is 2.39. The number of methoxy groups -OCH3 is 1. The van der Waals surface area contributed by atoms with Gasteiger partial charge in [-0.25, -0.2) is 0 Å². The molecule has 7 heteroatoms. The lowest BCUT2D eigenvalue weighted by Crippen LogP contribution is -2.42. The van der Waals surface area contributed by atoms with Crippen LogP contribution >= 0.6 is 0 Å². The van der Waals surface area contributed by atoms with Gasteiger partial charge >= 0.3 is 0 Å². The molecule has 0 unspecified atom stereocenters. The van der Waals surface area contributed by atoms with E-state index in [1.165, 1.54) is 0 Å². The predicted molar refractivity (Wildman–Crippen MR) is 116 cm³/mol. The van der Waals surface area contributed by atoms with Crippen LogP contribution in [0, 0.1) is 5.92 Å². The average Bonchev–Trinajstić information content (AvgIpc) is 3.11.